The molecular weight excluding hydrogens is 146 g/mol. The molecule has 1 nitrogen and oxygen atoms in total. The fourth-order valence-corrected chi connectivity index (χ4v) is 0.954. The molecule has 0 atom stereocenters. The first-order valence-electron chi connectivity index (χ1n) is 3.96. The van der Waals surface area contributed by atoms with Crippen LogP contribution >= 0.6 is 0 Å². The Morgan fingerprint density at radius 2 is 2.08 bits per heavy atom. The lowest BCUT2D eigenvalue weighted by Gasteiger charge is -1.97. The fraction of sp³-hybridized carbons (Fsp3) is 0.0909. The molecule has 0 bridgehead atoms. The maximum Gasteiger partial charge on any atom is 0.0387 e. The molecule has 2 N–H and O–H groups in total. The molecular formula is C11H13N. The lowest BCUT2D eigenvalue weighted by atomic mass is 10.1. The highest BCUT2D eigenvalue weighted by atomic mass is 14.5. The van der Waals surface area contributed by atoms with E-state index in [0.29, 0.717) is 0 Å². The smallest absolute Gasteiger partial charge is 0.0387 e. The Balaban J connectivity index is 2.74. The van der Waals surface area contributed by atoms with Crippen LogP contribution < -0.4 is 5.73 Å². The number of rotatable bonds is 3. The molecule has 0 aliphatic rings. The Bertz CT molecular complexity index is 287. The third-order valence-electron chi connectivity index (χ3n) is 1.60. The molecule has 0 fully saturated rings. The van der Waals surface area contributed by atoms with Gasteiger partial charge < -0.3 is 5.73 Å². The van der Waals surface area contributed by atoms with Crippen molar-refractivity contribution in [2.75, 3.05) is 5.73 Å². The van der Waals surface area contributed by atoms with Gasteiger partial charge in [0.2, 0.25) is 0 Å². The summed E-state index contributed by atoms with van der Waals surface area (Å²) in [4.78, 5) is 0. The number of nitrogen functional groups attached to an aromatic ring is 1. The average Bonchev–Trinajstić information content (AvgIpc) is 2.09. The van der Waals surface area contributed by atoms with Gasteiger partial charge in [-0.25, -0.2) is 0 Å². The molecule has 1 aromatic carbocycles. The van der Waals surface area contributed by atoms with Crippen LogP contribution in [-0.4, -0.2) is 0 Å². The van der Waals surface area contributed by atoms with Crippen LogP contribution in [-0.2, 0) is 0 Å². The van der Waals surface area contributed by atoms with Crippen LogP contribution in [0.4, 0.5) is 5.69 Å². The van der Waals surface area contributed by atoms with Gasteiger partial charge >= 0.3 is 0 Å². The van der Waals surface area contributed by atoms with Gasteiger partial charge in [0.25, 0.3) is 0 Å². The standard InChI is InChI=1S/C11H13N/c1-2-3-4-7-10-8-5-6-9-11(10)12/h2,4-9H,1,3,12H2/b7-4-. The molecule has 0 amide bonds. The second-order valence-electron chi connectivity index (χ2n) is 2.56. The second kappa shape index (κ2) is 4.39. The van der Waals surface area contributed by atoms with E-state index in [1.165, 1.54) is 0 Å². The minimum atomic E-state index is 0.817. The molecule has 1 heteroatoms. The summed E-state index contributed by atoms with van der Waals surface area (Å²) in [6.07, 6.45) is 6.79. The van der Waals surface area contributed by atoms with Crippen LogP contribution in [0, 0.1) is 0 Å². The number of para-hydroxylation sites is 1. The molecule has 0 spiro atoms. The first-order chi connectivity index (χ1) is 5.84. The molecule has 0 aliphatic heterocycles. The second-order valence-corrected chi connectivity index (χ2v) is 2.56. The van der Waals surface area contributed by atoms with Crippen LogP contribution in [0.15, 0.2) is 43.0 Å². The number of nitrogens with two attached hydrogens (primary N) is 1. The van der Waals surface area contributed by atoms with Crippen LogP contribution in [0.1, 0.15) is 12.0 Å². The summed E-state index contributed by atoms with van der Waals surface area (Å²) in [5.41, 5.74) is 7.61. The zero-order valence-electron chi connectivity index (χ0n) is 7.03. The third kappa shape index (κ3) is 2.27. The van der Waals surface area contributed by atoms with Crippen molar-refractivity contribution in [1.82, 2.24) is 0 Å². The summed E-state index contributed by atoms with van der Waals surface area (Å²) in [5.74, 6) is 0. The minimum absolute atomic E-state index is 0.817. The third-order valence-corrected chi connectivity index (χ3v) is 1.60. The summed E-state index contributed by atoms with van der Waals surface area (Å²) in [6.45, 7) is 3.63. The van der Waals surface area contributed by atoms with Crippen LogP contribution in [0.25, 0.3) is 6.08 Å². The van der Waals surface area contributed by atoms with Crippen LogP contribution in [0.2, 0.25) is 0 Å². The molecule has 0 unspecified atom stereocenters. The summed E-state index contributed by atoms with van der Waals surface area (Å²) >= 11 is 0. The van der Waals surface area contributed by atoms with Gasteiger partial charge in [-0.1, -0.05) is 36.4 Å². The summed E-state index contributed by atoms with van der Waals surface area (Å²) < 4.78 is 0. The molecule has 0 saturated heterocycles. The Hall–Kier alpha value is -1.50. The van der Waals surface area contributed by atoms with E-state index in [9.17, 15) is 0 Å². The minimum Gasteiger partial charge on any atom is -0.398 e. The number of hydrogen-bond acceptors (Lipinski definition) is 1. The molecule has 12 heavy (non-hydrogen) atoms. The van der Waals surface area contributed by atoms with Crippen molar-refractivity contribution in [3.63, 3.8) is 0 Å². The SMILES string of the molecule is C=CC/C=C\c1ccccc1N. The van der Waals surface area contributed by atoms with Gasteiger partial charge in [-0.05, 0) is 18.1 Å². The number of hydrogen-bond donors (Lipinski definition) is 1. The number of anilines is 1. The molecule has 1 rings (SSSR count). The number of allylic oxidation sites excluding steroid dienone is 2. The highest BCUT2D eigenvalue weighted by Gasteiger charge is 1.89. The average molecular weight is 159 g/mol. The van der Waals surface area contributed by atoms with Crippen molar-refractivity contribution >= 4 is 11.8 Å². The van der Waals surface area contributed by atoms with Crippen molar-refractivity contribution in [3.05, 3.63) is 48.6 Å². The van der Waals surface area contributed by atoms with E-state index in [4.69, 9.17) is 5.73 Å². The van der Waals surface area contributed by atoms with E-state index in [0.717, 1.165) is 17.7 Å². The Morgan fingerprint density at radius 1 is 1.33 bits per heavy atom. The van der Waals surface area contributed by atoms with Gasteiger partial charge in [-0.15, -0.1) is 6.58 Å². The summed E-state index contributed by atoms with van der Waals surface area (Å²) in [5, 5.41) is 0. The Kier molecular flexibility index (Phi) is 3.15. The highest BCUT2D eigenvalue weighted by Crippen LogP contribution is 2.12. The topological polar surface area (TPSA) is 26.0 Å². The normalized spacial score (nSPS) is 10.3. The van der Waals surface area contributed by atoms with Crippen molar-refractivity contribution in [2.45, 2.75) is 6.42 Å². The van der Waals surface area contributed by atoms with Crippen molar-refractivity contribution in [1.29, 1.82) is 0 Å². The molecule has 0 radical (unpaired) electrons. The van der Waals surface area contributed by atoms with E-state index < -0.39 is 0 Å². The maximum absolute atomic E-state index is 5.73. The van der Waals surface area contributed by atoms with E-state index in [1.54, 1.807) is 0 Å². The van der Waals surface area contributed by atoms with Crippen molar-refractivity contribution in [2.24, 2.45) is 0 Å². The van der Waals surface area contributed by atoms with Gasteiger partial charge in [-0.2, -0.15) is 0 Å². The lowest BCUT2D eigenvalue weighted by Crippen LogP contribution is -1.86. The quantitative estimate of drug-likeness (QED) is 0.532. The number of benzene rings is 1. The van der Waals surface area contributed by atoms with Gasteiger partial charge in [0.1, 0.15) is 0 Å². The zero-order chi connectivity index (χ0) is 8.81. The first-order valence-corrected chi connectivity index (χ1v) is 3.96. The zero-order valence-corrected chi connectivity index (χ0v) is 7.03. The summed E-state index contributed by atoms with van der Waals surface area (Å²) in [6, 6.07) is 7.80. The molecule has 0 aliphatic carbocycles. The summed E-state index contributed by atoms with van der Waals surface area (Å²) in [7, 11) is 0. The van der Waals surface area contributed by atoms with Crippen LogP contribution in [0.3, 0.4) is 0 Å². The first kappa shape index (κ1) is 8.60. The molecule has 0 aromatic heterocycles. The monoisotopic (exact) mass is 159 g/mol. The Labute approximate surface area is 73.2 Å². The lowest BCUT2D eigenvalue weighted by molar-refractivity contribution is 1.42. The predicted octanol–water partition coefficient (Wildman–Crippen LogP) is 2.86. The van der Waals surface area contributed by atoms with E-state index in [2.05, 4.69) is 6.58 Å². The van der Waals surface area contributed by atoms with Crippen LogP contribution in [0.5, 0.6) is 0 Å². The van der Waals surface area contributed by atoms with Gasteiger partial charge in [0.15, 0.2) is 0 Å². The van der Waals surface area contributed by atoms with Crippen molar-refractivity contribution in [3.8, 4) is 0 Å². The van der Waals surface area contributed by atoms with E-state index in [-0.39, 0.29) is 0 Å². The van der Waals surface area contributed by atoms with Gasteiger partial charge in [0, 0.05) is 5.69 Å². The predicted molar refractivity (Wildman–Crippen MR) is 54.7 cm³/mol. The molecule has 1 aromatic rings. The van der Waals surface area contributed by atoms with Gasteiger partial charge in [-0.3, -0.25) is 0 Å². The fourth-order valence-electron chi connectivity index (χ4n) is 0.954. The molecule has 0 saturated carbocycles. The van der Waals surface area contributed by atoms with E-state index in [1.807, 2.05) is 42.5 Å². The Morgan fingerprint density at radius 3 is 2.75 bits per heavy atom. The molecule has 62 valence electrons. The molecule has 0 heterocycles. The van der Waals surface area contributed by atoms with E-state index >= 15 is 0 Å². The largest absolute Gasteiger partial charge is 0.398 e. The van der Waals surface area contributed by atoms with Crippen molar-refractivity contribution < 1.29 is 0 Å². The maximum atomic E-state index is 5.73. The highest BCUT2D eigenvalue weighted by molar-refractivity contribution is 5.64. The van der Waals surface area contributed by atoms with Gasteiger partial charge in [0.05, 0.1) is 0 Å².